The predicted molar refractivity (Wildman–Crippen MR) is 128 cm³/mol. The molecule has 1 fully saturated rings. The molecule has 10 heteroatoms. The van der Waals surface area contributed by atoms with E-state index in [0.717, 1.165) is 12.8 Å². The van der Waals surface area contributed by atoms with Crippen LogP contribution in [0.3, 0.4) is 0 Å². The highest BCUT2D eigenvalue weighted by molar-refractivity contribution is 7.89. The molecule has 1 unspecified atom stereocenters. The lowest BCUT2D eigenvalue weighted by Crippen LogP contribution is -2.32. The number of Topliss-reactive ketones (excluding diaryl/α,β-unsaturated/α-hetero) is 1. The fourth-order valence-corrected chi connectivity index (χ4v) is 4.54. The molecule has 0 aliphatic heterocycles. The van der Waals surface area contributed by atoms with Gasteiger partial charge in [0.15, 0.2) is 11.6 Å². The predicted octanol–water partition coefficient (Wildman–Crippen LogP) is 3.76. The van der Waals surface area contributed by atoms with Crippen molar-refractivity contribution in [1.29, 1.82) is 0 Å². The first kappa shape index (κ1) is 24.7. The highest BCUT2D eigenvalue weighted by atomic mass is 32.2. The molecule has 1 saturated carbocycles. The van der Waals surface area contributed by atoms with Gasteiger partial charge in [-0.25, -0.2) is 13.1 Å². The van der Waals surface area contributed by atoms with E-state index in [9.17, 15) is 18.0 Å². The smallest absolute Gasteiger partial charge is 0.251 e. The number of carbonyl (C=O) groups is 2. The Balaban J connectivity index is 1.37. The zero-order chi connectivity index (χ0) is 25.2. The molecule has 1 amide bonds. The van der Waals surface area contributed by atoms with Crippen molar-refractivity contribution in [3.63, 3.8) is 0 Å². The molecule has 0 spiro atoms. The Labute approximate surface area is 204 Å². The molecule has 1 atom stereocenters. The fraction of sp³-hybridized carbons (Fsp3) is 0.360. The second-order valence-corrected chi connectivity index (χ2v) is 10.8. The molecular formula is C25H28N4O5S. The van der Waals surface area contributed by atoms with Crippen LogP contribution in [-0.2, 0) is 16.6 Å². The van der Waals surface area contributed by atoms with Gasteiger partial charge in [-0.15, -0.1) is 0 Å². The molecule has 184 valence electrons. The van der Waals surface area contributed by atoms with Crippen LogP contribution in [0.4, 0.5) is 0 Å². The lowest BCUT2D eigenvalue weighted by atomic mass is 10.0. The van der Waals surface area contributed by atoms with Gasteiger partial charge in [-0.3, -0.25) is 9.59 Å². The quantitative estimate of drug-likeness (QED) is 0.409. The third kappa shape index (κ3) is 6.01. The number of carbonyl (C=O) groups excluding carboxylic acids is 2. The molecule has 0 saturated heterocycles. The zero-order valence-electron chi connectivity index (χ0n) is 19.8. The molecule has 1 aliphatic rings. The molecule has 2 N–H and O–H groups in total. The van der Waals surface area contributed by atoms with Crippen molar-refractivity contribution in [2.45, 2.75) is 57.0 Å². The van der Waals surface area contributed by atoms with Crippen molar-refractivity contribution in [3.8, 4) is 0 Å². The summed E-state index contributed by atoms with van der Waals surface area (Å²) < 4.78 is 33.0. The molecule has 9 nitrogen and oxygen atoms in total. The number of sulfonamides is 1. The second kappa shape index (κ2) is 10.1. The van der Waals surface area contributed by atoms with E-state index in [2.05, 4.69) is 20.2 Å². The molecule has 2 aromatic carbocycles. The first-order valence-corrected chi connectivity index (χ1v) is 13.0. The van der Waals surface area contributed by atoms with Gasteiger partial charge in [-0.1, -0.05) is 43.3 Å². The number of benzene rings is 2. The minimum absolute atomic E-state index is 0.0460. The first-order valence-electron chi connectivity index (χ1n) is 11.5. The van der Waals surface area contributed by atoms with E-state index in [4.69, 9.17) is 4.52 Å². The van der Waals surface area contributed by atoms with Crippen LogP contribution in [0.5, 0.6) is 0 Å². The number of amides is 1. The molecule has 1 aliphatic carbocycles. The van der Waals surface area contributed by atoms with E-state index in [1.54, 1.807) is 24.3 Å². The summed E-state index contributed by atoms with van der Waals surface area (Å²) in [6.45, 7) is 5.41. The maximum atomic E-state index is 12.8. The number of nitrogens with zero attached hydrogens (tertiary/aromatic N) is 2. The Hall–Kier alpha value is -3.37. The summed E-state index contributed by atoms with van der Waals surface area (Å²) in [5, 5.41) is 7.00. The van der Waals surface area contributed by atoms with Gasteiger partial charge < -0.3 is 9.84 Å². The van der Waals surface area contributed by atoms with Crippen LogP contribution >= 0.6 is 0 Å². The summed E-state index contributed by atoms with van der Waals surface area (Å²) in [4.78, 5) is 28.8. The van der Waals surface area contributed by atoms with Crippen LogP contribution in [0.2, 0.25) is 0 Å². The van der Waals surface area contributed by atoms with Gasteiger partial charge in [0.05, 0.1) is 4.90 Å². The van der Waals surface area contributed by atoms with Crippen molar-refractivity contribution in [2.75, 3.05) is 0 Å². The van der Waals surface area contributed by atoms with Gasteiger partial charge in [-0.05, 0) is 55.5 Å². The lowest BCUT2D eigenvalue weighted by molar-refractivity contribution is 0.0913. The van der Waals surface area contributed by atoms with Gasteiger partial charge in [0, 0.05) is 23.6 Å². The van der Waals surface area contributed by atoms with Gasteiger partial charge in [0.1, 0.15) is 6.04 Å². The Morgan fingerprint density at radius 2 is 1.66 bits per heavy atom. The second-order valence-electron chi connectivity index (χ2n) is 9.06. The number of hydrogen-bond donors (Lipinski definition) is 2. The Morgan fingerprint density at radius 1 is 1.03 bits per heavy atom. The molecule has 0 radical (unpaired) electrons. The normalized spacial score (nSPS) is 14.6. The minimum Gasteiger partial charge on any atom is -0.340 e. The Morgan fingerprint density at radius 3 is 2.23 bits per heavy atom. The summed E-state index contributed by atoms with van der Waals surface area (Å²) >= 11 is 0. The Bertz CT molecular complexity index is 1310. The van der Waals surface area contributed by atoms with E-state index in [1.165, 1.54) is 31.2 Å². The molecule has 3 aromatic rings. The van der Waals surface area contributed by atoms with Crippen LogP contribution in [0.15, 0.2) is 57.9 Å². The number of nitrogens with one attached hydrogen (secondary N) is 2. The average molecular weight is 497 g/mol. The first-order chi connectivity index (χ1) is 16.6. The van der Waals surface area contributed by atoms with Gasteiger partial charge in [0.25, 0.3) is 5.91 Å². The summed E-state index contributed by atoms with van der Waals surface area (Å²) in [7, 11) is -3.75. The maximum absolute atomic E-state index is 12.8. The number of aromatic nitrogens is 2. The molecule has 1 heterocycles. The fourth-order valence-electron chi connectivity index (χ4n) is 3.52. The molecule has 35 heavy (non-hydrogen) atoms. The molecule has 0 bridgehead atoms. The van der Waals surface area contributed by atoms with Gasteiger partial charge in [-0.2, -0.15) is 4.98 Å². The van der Waals surface area contributed by atoms with Crippen molar-refractivity contribution in [3.05, 3.63) is 76.9 Å². The molecule has 1 aromatic heterocycles. The van der Waals surface area contributed by atoms with Crippen molar-refractivity contribution in [1.82, 2.24) is 20.2 Å². The third-order valence-corrected chi connectivity index (χ3v) is 7.29. The topological polar surface area (TPSA) is 131 Å². The van der Waals surface area contributed by atoms with Crippen LogP contribution < -0.4 is 10.0 Å². The van der Waals surface area contributed by atoms with E-state index in [0.29, 0.717) is 34.3 Å². The zero-order valence-corrected chi connectivity index (χ0v) is 20.6. The van der Waals surface area contributed by atoms with Crippen molar-refractivity contribution >= 4 is 21.7 Å². The van der Waals surface area contributed by atoms with Crippen molar-refractivity contribution in [2.24, 2.45) is 5.92 Å². The largest absolute Gasteiger partial charge is 0.340 e. The van der Waals surface area contributed by atoms with Crippen molar-refractivity contribution < 1.29 is 22.5 Å². The SMILES string of the molecule is CC(=O)c1ccc(S(=O)(=O)NCc2ccc(C(=O)NC(c3nc(C4CC4)no3)C(C)C)cc2)cc1. The minimum atomic E-state index is -3.75. The summed E-state index contributed by atoms with van der Waals surface area (Å²) in [6.07, 6.45) is 2.12. The monoisotopic (exact) mass is 496 g/mol. The van der Waals surface area contributed by atoms with E-state index in [1.807, 2.05) is 13.8 Å². The van der Waals surface area contributed by atoms with Crippen LogP contribution in [0, 0.1) is 5.92 Å². The maximum Gasteiger partial charge on any atom is 0.251 e. The summed E-state index contributed by atoms with van der Waals surface area (Å²) in [5.74, 6) is 1.09. The standard InChI is InChI=1S/C25H28N4O5S/c1-15(2)22(25-28-23(29-34-25)19-8-9-19)27-24(31)20-6-4-17(5-7-20)14-26-35(32,33)21-12-10-18(11-13-21)16(3)30/h4-7,10-13,15,19,22,26H,8-9,14H2,1-3H3,(H,27,31). The number of ketones is 1. The third-order valence-electron chi connectivity index (χ3n) is 5.87. The lowest BCUT2D eigenvalue weighted by Gasteiger charge is -2.18. The Kier molecular flexibility index (Phi) is 7.13. The van der Waals surface area contributed by atoms with Gasteiger partial charge >= 0.3 is 0 Å². The van der Waals surface area contributed by atoms with E-state index in [-0.39, 0.29) is 29.0 Å². The average Bonchev–Trinajstić information content (AvgIpc) is 3.58. The highest BCUT2D eigenvalue weighted by Gasteiger charge is 2.31. The molecular weight excluding hydrogens is 468 g/mol. The number of rotatable bonds is 10. The summed E-state index contributed by atoms with van der Waals surface area (Å²) in [5.41, 5.74) is 1.57. The van der Waals surface area contributed by atoms with E-state index >= 15 is 0 Å². The molecule has 4 rings (SSSR count). The van der Waals surface area contributed by atoms with Crippen LogP contribution in [0.25, 0.3) is 0 Å². The summed E-state index contributed by atoms with van der Waals surface area (Å²) in [6, 6.07) is 12.0. The number of hydrogen-bond acceptors (Lipinski definition) is 7. The van der Waals surface area contributed by atoms with Gasteiger partial charge in [0.2, 0.25) is 15.9 Å². The van der Waals surface area contributed by atoms with E-state index < -0.39 is 16.1 Å². The van der Waals surface area contributed by atoms with Crippen LogP contribution in [0.1, 0.15) is 83.6 Å². The highest BCUT2D eigenvalue weighted by Crippen LogP contribution is 2.38. The van der Waals surface area contributed by atoms with Crippen LogP contribution in [-0.4, -0.2) is 30.2 Å².